The molecule has 34 heavy (non-hydrogen) atoms. The highest BCUT2D eigenvalue weighted by Crippen LogP contribution is 2.37. The molecule has 0 aliphatic rings. The smallest absolute Gasteiger partial charge is 0.325 e. The third kappa shape index (κ3) is 5.19. The van der Waals surface area contributed by atoms with E-state index in [1.165, 1.54) is 0 Å². The zero-order valence-corrected chi connectivity index (χ0v) is 17.9. The molecule has 1 N–H and O–H groups in total. The first-order valence-corrected chi connectivity index (χ1v) is 10.8. The van der Waals surface area contributed by atoms with Crippen molar-refractivity contribution in [3.05, 3.63) is 83.9 Å². The molecule has 176 valence electrons. The van der Waals surface area contributed by atoms with Gasteiger partial charge in [0.2, 0.25) is 5.91 Å². The van der Waals surface area contributed by atoms with Crippen LogP contribution in [0.3, 0.4) is 0 Å². The van der Waals surface area contributed by atoms with Gasteiger partial charge in [0.05, 0.1) is 27.9 Å². The molecular formula is C23H15F6N3OS. The fraction of sp³-hybridized carbons (Fsp3) is 0.130. The van der Waals surface area contributed by atoms with E-state index in [1.807, 2.05) is 47.0 Å². The molecule has 0 fully saturated rings. The second-order valence-corrected chi connectivity index (χ2v) is 8.13. The van der Waals surface area contributed by atoms with Crippen LogP contribution in [0, 0.1) is 0 Å². The average molecular weight is 495 g/mol. The van der Waals surface area contributed by atoms with Gasteiger partial charge in [-0.25, -0.2) is 4.98 Å². The van der Waals surface area contributed by atoms with Crippen LogP contribution in [0.1, 0.15) is 11.1 Å². The molecule has 3 aromatic carbocycles. The molecule has 0 aliphatic carbocycles. The van der Waals surface area contributed by atoms with Gasteiger partial charge in [0.1, 0.15) is 0 Å². The van der Waals surface area contributed by atoms with E-state index in [9.17, 15) is 31.1 Å². The maximum Gasteiger partial charge on any atom is 0.416 e. The van der Waals surface area contributed by atoms with Crippen LogP contribution >= 0.6 is 11.8 Å². The number of imidazole rings is 1. The highest BCUT2D eigenvalue weighted by Gasteiger charge is 2.37. The number of hydrogen-bond donors (Lipinski definition) is 1. The van der Waals surface area contributed by atoms with Crippen molar-refractivity contribution in [3.8, 4) is 5.69 Å². The number of nitrogens with one attached hydrogen (secondary N) is 1. The first kappa shape index (κ1) is 23.7. The molecule has 0 saturated carbocycles. The summed E-state index contributed by atoms with van der Waals surface area (Å²) in [5.41, 5.74) is -1.37. The third-order valence-electron chi connectivity index (χ3n) is 4.75. The SMILES string of the molecule is O=C(CSc1nc2ccccc2n1-c1ccccc1)Nc1cc(C(F)(F)F)cc(C(F)(F)F)c1. The maximum absolute atomic E-state index is 13.1. The van der Waals surface area contributed by atoms with E-state index in [-0.39, 0.29) is 11.8 Å². The van der Waals surface area contributed by atoms with Crippen molar-refractivity contribution < 1.29 is 31.1 Å². The molecule has 1 amide bonds. The fourth-order valence-electron chi connectivity index (χ4n) is 3.28. The maximum atomic E-state index is 13.1. The van der Waals surface area contributed by atoms with Crippen molar-refractivity contribution in [1.29, 1.82) is 0 Å². The van der Waals surface area contributed by atoms with Crippen LogP contribution in [-0.2, 0) is 17.1 Å². The first-order valence-electron chi connectivity index (χ1n) is 9.77. The number of benzene rings is 3. The van der Waals surface area contributed by atoms with Gasteiger partial charge in [0.15, 0.2) is 5.16 Å². The predicted octanol–water partition coefficient (Wildman–Crippen LogP) is 6.79. The lowest BCUT2D eigenvalue weighted by Crippen LogP contribution is -2.17. The summed E-state index contributed by atoms with van der Waals surface area (Å²) in [4.78, 5) is 16.9. The summed E-state index contributed by atoms with van der Waals surface area (Å²) in [5, 5.41) is 2.58. The lowest BCUT2D eigenvalue weighted by Gasteiger charge is -2.15. The number of halogens is 6. The number of para-hydroxylation sites is 3. The number of carbonyl (C=O) groups is 1. The van der Waals surface area contributed by atoms with E-state index in [2.05, 4.69) is 10.3 Å². The van der Waals surface area contributed by atoms with Crippen molar-refractivity contribution in [2.75, 3.05) is 11.1 Å². The van der Waals surface area contributed by atoms with E-state index < -0.39 is 35.1 Å². The second-order valence-electron chi connectivity index (χ2n) is 7.19. The number of carbonyl (C=O) groups excluding carboxylic acids is 1. The Kier molecular flexibility index (Phi) is 6.30. The second kappa shape index (κ2) is 9.05. The molecule has 11 heteroatoms. The monoisotopic (exact) mass is 495 g/mol. The number of aromatic nitrogens is 2. The third-order valence-corrected chi connectivity index (χ3v) is 5.69. The van der Waals surface area contributed by atoms with Crippen LogP contribution in [0.2, 0.25) is 0 Å². The van der Waals surface area contributed by atoms with Crippen LogP contribution < -0.4 is 5.32 Å². The molecule has 0 atom stereocenters. The summed E-state index contributed by atoms with van der Waals surface area (Å²) >= 11 is 1.01. The van der Waals surface area contributed by atoms with E-state index in [0.29, 0.717) is 22.8 Å². The molecule has 0 saturated heterocycles. The minimum atomic E-state index is -5.00. The zero-order valence-electron chi connectivity index (χ0n) is 17.1. The van der Waals surface area contributed by atoms with Crippen molar-refractivity contribution >= 4 is 34.4 Å². The van der Waals surface area contributed by atoms with E-state index >= 15 is 0 Å². The molecule has 1 aromatic heterocycles. The molecule has 4 rings (SSSR count). The van der Waals surface area contributed by atoms with Crippen LogP contribution in [-0.4, -0.2) is 21.2 Å². The Hall–Kier alpha value is -3.47. The number of nitrogens with zero attached hydrogens (tertiary/aromatic N) is 2. The lowest BCUT2D eigenvalue weighted by atomic mass is 10.1. The summed E-state index contributed by atoms with van der Waals surface area (Å²) in [5.74, 6) is -1.06. The topological polar surface area (TPSA) is 46.9 Å². The standard InChI is InChI=1S/C23H15F6N3OS/c24-22(25,26)14-10-15(23(27,28)29)12-16(11-14)30-20(33)13-34-21-31-18-8-4-5-9-19(18)32(21)17-6-2-1-3-7-17/h1-12H,13H2,(H,30,33). The highest BCUT2D eigenvalue weighted by molar-refractivity contribution is 7.99. The number of fused-ring (bicyclic) bond motifs is 1. The number of thioether (sulfide) groups is 1. The quantitative estimate of drug-likeness (QED) is 0.245. The Morgan fingerprint density at radius 2 is 1.44 bits per heavy atom. The molecule has 0 spiro atoms. The van der Waals surface area contributed by atoms with Gasteiger partial charge in [-0.15, -0.1) is 0 Å². The molecule has 4 nitrogen and oxygen atoms in total. The highest BCUT2D eigenvalue weighted by atomic mass is 32.2. The van der Waals surface area contributed by atoms with E-state index in [4.69, 9.17) is 0 Å². The van der Waals surface area contributed by atoms with Gasteiger partial charge in [0, 0.05) is 11.4 Å². The zero-order chi connectivity index (χ0) is 24.5. The number of rotatable bonds is 5. The number of amides is 1. The molecule has 0 radical (unpaired) electrons. The molecular weight excluding hydrogens is 480 g/mol. The Morgan fingerprint density at radius 1 is 0.853 bits per heavy atom. The van der Waals surface area contributed by atoms with Gasteiger partial charge in [-0.3, -0.25) is 9.36 Å². The minimum absolute atomic E-state index is 0.00657. The molecule has 1 heterocycles. The van der Waals surface area contributed by atoms with Crippen LogP contribution in [0.25, 0.3) is 16.7 Å². The average Bonchev–Trinajstić information content (AvgIpc) is 3.15. The normalized spacial score (nSPS) is 12.2. The van der Waals surface area contributed by atoms with Crippen molar-refractivity contribution in [2.45, 2.75) is 17.5 Å². The summed E-state index contributed by atoms with van der Waals surface area (Å²) in [6, 6.07) is 17.4. The number of hydrogen-bond acceptors (Lipinski definition) is 3. The predicted molar refractivity (Wildman–Crippen MR) is 117 cm³/mol. The van der Waals surface area contributed by atoms with E-state index in [0.717, 1.165) is 23.0 Å². The van der Waals surface area contributed by atoms with Gasteiger partial charge in [-0.2, -0.15) is 26.3 Å². The van der Waals surface area contributed by atoms with Crippen molar-refractivity contribution in [1.82, 2.24) is 9.55 Å². The van der Waals surface area contributed by atoms with Gasteiger partial charge in [-0.05, 0) is 42.5 Å². The summed E-state index contributed by atoms with van der Waals surface area (Å²) in [6.07, 6.45) is -10.0. The molecule has 0 aliphatic heterocycles. The summed E-state index contributed by atoms with van der Waals surface area (Å²) in [7, 11) is 0. The van der Waals surface area contributed by atoms with Gasteiger partial charge in [-0.1, -0.05) is 42.1 Å². The largest absolute Gasteiger partial charge is 0.416 e. The van der Waals surface area contributed by atoms with Crippen LogP contribution in [0.5, 0.6) is 0 Å². The van der Waals surface area contributed by atoms with E-state index in [1.54, 1.807) is 12.1 Å². The molecule has 0 bridgehead atoms. The van der Waals surface area contributed by atoms with Gasteiger partial charge in [0.25, 0.3) is 0 Å². The first-order chi connectivity index (χ1) is 16.0. The minimum Gasteiger partial charge on any atom is -0.325 e. The Balaban J connectivity index is 1.58. The molecule has 0 unspecified atom stereocenters. The van der Waals surface area contributed by atoms with Gasteiger partial charge >= 0.3 is 12.4 Å². The Morgan fingerprint density at radius 3 is 2.06 bits per heavy atom. The lowest BCUT2D eigenvalue weighted by molar-refractivity contribution is -0.143. The Bertz CT molecular complexity index is 1300. The number of alkyl halides is 6. The van der Waals surface area contributed by atoms with Crippen molar-refractivity contribution in [3.63, 3.8) is 0 Å². The van der Waals surface area contributed by atoms with Crippen molar-refractivity contribution in [2.24, 2.45) is 0 Å². The summed E-state index contributed by atoms with van der Waals surface area (Å²) in [6.45, 7) is 0. The summed E-state index contributed by atoms with van der Waals surface area (Å²) < 4.78 is 80.1. The van der Waals surface area contributed by atoms with Gasteiger partial charge < -0.3 is 5.32 Å². The molecule has 4 aromatic rings. The Labute approximate surface area is 193 Å². The fourth-order valence-corrected chi connectivity index (χ4v) is 4.11. The van der Waals surface area contributed by atoms with Crippen LogP contribution in [0.4, 0.5) is 32.0 Å². The number of anilines is 1. The van der Waals surface area contributed by atoms with Crippen LogP contribution in [0.15, 0.2) is 78.0 Å².